The standard InChI is InChI=1S/C19H21N5OS/c25-18(9-8-14-5-1-2-6-14)21-16-13-17(24-11-4-10-20-24)23-19(22-16)15-7-3-12-26-15/h3-4,7,10-14H,1-2,5-6,8-9H2,(H,21,22,23,25). The average molecular weight is 367 g/mol. The number of carbonyl (C=O) groups is 1. The lowest BCUT2D eigenvalue weighted by Crippen LogP contribution is -2.15. The number of carbonyl (C=O) groups excluding carboxylic acids is 1. The fourth-order valence-corrected chi connectivity index (χ4v) is 4.03. The van der Waals surface area contributed by atoms with Gasteiger partial charge in [0.15, 0.2) is 11.6 Å². The van der Waals surface area contributed by atoms with Crippen LogP contribution < -0.4 is 5.32 Å². The van der Waals surface area contributed by atoms with Crippen LogP contribution in [0, 0.1) is 5.92 Å². The molecule has 134 valence electrons. The zero-order chi connectivity index (χ0) is 17.8. The first kappa shape index (κ1) is 16.9. The first-order chi connectivity index (χ1) is 12.8. The molecular formula is C19H21N5OS. The van der Waals surface area contributed by atoms with Gasteiger partial charge in [0.2, 0.25) is 5.91 Å². The van der Waals surface area contributed by atoms with Crippen LogP contribution in [0.4, 0.5) is 5.82 Å². The van der Waals surface area contributed by atoms with Crippen LogP contribution in [0.1, 0.15) is 38.5 Å². The molecule has 3 aromatic heterocycles. The summed E-state index contributed by atoms with van der Waals surface area (Å²) in [6, 6.07) is 7.53. The number of hydrogen-bond donors (Lipinski definition) is 1. The lowest BCUT2D eigenvalue weighted by atomic mass is 10.0. The Morgan fingerprint density at radius 2 is 2.15 bits per heavy atom. The maximum atomic E-state index is 12.4. The second-order valence-corrected chi connectivity index (χ2v) is 7.55. The molecule has 1 amide bonds. The predicted molar refractivity (Wildman–Crippen MR) is 102 cm³/mol. The summed E-state index contributed by atoms with van der Waals surface area (Å²) in [4.78, 5) is 22.4. The molecule has 0 atom stereocenters. The van der Waals surface area contributed by atoms with E-state index >= 15 is 0 Å². The molecule has 1 aliphatic rings. The highest BCUT2D eigenvalue weighted by atomic mass is 32.1. The first-order valence-corrected chi connectivity index (χ1v) is 9.89. The Morgan fingerprint density at radius 1 is 1.27 bits per heavy atom. The van der Waals surface area contributed by atoms with Crippen molar-refractivity contribution in [2.24, 2.45) is 5.92 Å². The molecule has 0 unspecified atom stereocenters. The highest BCUT2D eigenvalue weighted by molar-refractivity contribution is 7.13. The van der Waals surface area contributed by atoms with Crippen LogP contribution in [0.15, 0.2) is 42.0 Å². The van der Waals surface area contributed by atoms with Gasteiger partial charge in [-0.15, -0.1) is 11.3 Å². The molecule has 1 N–H and O–H groups in total. The van der Waals surface area contributed by atoms with Crippen LogP contribution in [0.25, 0.3) is 16.5 Å². The van der Waals surface area contributed by atoms with Gasteiger partial charge in [-0.1, -0.05) is 31.7 Å². The van der Waals surface area contributed by atoms with Gasteiger partial charge in [-0.3, -0.25) is 4.79 Å². The second-order valence-electron chi connectivity index (χ2n) is 6.60. The average Bonchev–Trinajstić information content (AvgIpc) is 3.43. The van der Waals surface area contributed by atoms with Crippen molar-refractivity contribution in [3.63, 3.8) is 0 Å². The van der Waals surface area contributed by atoms with Crippen molar-refractivity contribution in [1.29, 1.82) is 0 Å². The maximum absolute atomic E-state index is 12.4. The van der Waals surface area contributed by atoms with Crippen molar-refractivity contribution in [1.82, 2.24) is 19.7 Å². The quantitative estimate of drug-likeness (QED) is 0.705. The van der Waals surface area contributed by atoms with E-state index in [2.05, 4.69) is 20.4 Å². The first-order valence-electron chi connectivity index (χ1n) is 9.01. The Morgan fingerprint density at radius 3 is 2.88 bits per heavy atom. The van der Waals surface area contributed by atoms with E-state index in [1.807, 2.05) is 29.8 Å². The molecule has 6 nitrogen and oxygen atoms in total. The lowest BCUT2D eigenvalue weighted by Gasteiger charge is -2.10. The molecule has 0 aromatic carbocycles. The zero-order valence-electron chi connectivity index (χ0n) is 14.5. The van der Waals surface area contributed by atoms with Gasteiger partial charge in [0.05, 0.1) is 4.88 Å². The number of anilines is 1. The summed E-state index contributed by atoms with van der Waals surface area (Å²) in [5.41, 5.74) is 0. The fraction of sp³-hybridized carbons (Fsp3) is 0.368. The van der Waals surface area contributed by atoms with Crippen LogP contribution in [-0.4, -0.2) is 25.7 Å². The van der Waals surface area contributed by atoms with Gasteiger partial charge in [0, 0.05) is 24.9 Å². The van der Waals surface area contributed by atoms with Crippen LogP contribution >= 0.6 is 11.3 Å². The zero-order valence-corrected chi connectivity index (χ0v) is 15.3. The summed E-state index contributed by atoms with van der Waals surface area (Å²) in [6.07, 6.45) is 10.1. The minimum Gasteiger partial charge on any atom is -0.311 e. The number of rotatable bonds is 6. The Labute approximate surface area is 156 Å². The van der Waals surface area contributed by atoms with E-state index in [4.69, 9.17) is 0 Å². The largest absolute Gasteiger partial charge is 0.311 e. The summed E-state index contributed by atoms with van der Waals surface area (Å²) in [5.74, 6) is 2.47. The molecule has 7 heteroatoms. The molecule has 1 fully saturated rings. The minimum absolute atomic E-state index is 0.0131. The maximum Gasteiger partial charge on any atom is 0.225 e. The van der Waals surface area contributed by atoms with Crippen molar-refractivity contribution >= 4 is 23.1 Å². The van der Waals surface area contributed by atoms with Crippen LogP contribution in [0.5, 0.6) is 0 Å². The number of amides is 1. The Balaban J connectivity index is 1.53. The molecule has 1 saturated carbocycles. The van der Waals surface area contributed by atoms with E-state index in [-0.39, 0.29) is 5.91 Å². The van der Waals surface area contributed by atoms with Crippen LogP contribution in [-0.2, 0) is 4.79 Å². The fourth-order valence-electron chi connectivity index (χ4n) is 3.38. The molecule has 3 heterocycles. The highest BCUT2D eigenvalue weighted by Crippen LogP contribution is 2.29. The van der Waals surface area contributed by atoms with Gasteiger partial charge in [-0.2, -0.15) is 5.10 Å². The summed E-state index contributed by atoms with van der Waals surface area (Å²) < 4.78 is 1.67. The van der Waals surface area contributed by atoms with Crippen molar-refractivity contribution in [3.8, 4) is 16.5 Å². The van der Waals surface area contributed by atoms with E-state index in [0.717, 1.165) is 11.3 Å². The topological polar surface area (TPSA) is 72.7 Å². The van der Waals surface area contributed by atoms with Crippen LogP contribution in [0.2, 0.25) is 0 Å². The summed E-state index contributed by atoms with van der Waals surface area (Å²) in [6.45, 7) is 0. The molecular weight excluding hydrogens is 346 g/mol. The van der Waals surface area contributed by atoms with Gasteiger partial charge >= 0.3 is 0 Å². The van der Waals surface area contributed by atoms with Gasteiger partial charge in [0.25, 0.3) is 0 Å². The van der Waals surface area contributed by atoms with Crippen LogP contribution in [0.3, 0.4) is 0 Å². The molecule has 0 aliphatic heterocycles. The molecule has 4 rings (SSSR count). The molecule has 0 bridgehead atoms. The summed E-state index contributed by atoms with van der Waals surface area (Å²) in [5, 5.41) is 9.16. The summed E-state index contributed by atoms with van der Waals surface area (Å²) >= 11 is 1.57. The van der Waals surface area contributed by atoms with E-state index in [1.54, 1.807) is 28.3 Å². The van der Waals surface area contributed by atoms with Crippen molar-refractivity contribution in [2.75, 3.05) is 5.32 Å². The third-order valence-corrected chi connectivity index (χ3v) is 5.58. The molecule has 1 aliphatic carbocycles. The monoisotopic (exact) mass is 367 g/mol. The molecule has 0 saturated heterocycles. The second kappa shape index (κ2) is 7.78. The summed E-state index contributed by atoms with van der Waals surface area (Å²) in [7, 11) is 0. The number of hydrogen-bond acceptors (Lipinski definition) is 5. The normalized spacial score (nSPS) is 14.6. The highest BCUT2D eigenvalue weighted by Gasteiger charge is 2.17. The van der Waals surface area contributed by atoms with E-state index in [1.165, 1.54) is 25.7 Å². The van der Waals surface area contributed by atoms with Crippen molar-refractivity contribution in [3.05, 3.63) is 42.0 Å². The molecule has 0 radical (unpaired) electrons. The van der Waals surface area contributed by atoms with Crippen molar-refractivity contribution in [2.45, 2.75) is 38.5 Å². The number of thiophene rings is 1. The Bertz CT molecular complexity index is 802. The number of nitrogens with one attached hydrogen (secondary N) is 1. The van der Waals surface area contributed by atoms with E-state index in [9.17, 15) is 4.79 Å². The van der Waals surface area contributed by atoms with Crippen molar-refractivity contribution < 1.29 is 4.79 Å². The van der Waals surface area contributed by atoms with Gasteiger partial charge in [-0.05, 0) is 29.9 Å². The van der Waals surface area contributed by atoms with Gasteiger partial charge in [0.1, 0.15) is 5.82 Å². The van der Waals surface area contributed by atoms with Gasteiger partial charge in [-0.25, -0.2) is 14.6 Å². The predicted octanol–water partition coefficient (Wildman–Crippen LogP) is 4.30. The smallest absolute Gasteiger partial charge is 0.225 e. The Kier molecular flexibility index (Phi) is 5.06. The number of nitrogens with zero attached hydrogens (tertiary/aromatic N) is 4. The Hall–Kier alpha value is -2.54. The third-order valence-electron chi connectivity index (χ3n) is 4.72. The minimum atomic E-state index is 0.0131. The third kappa shape index (κ3) is 3.99. The number of aromatic nitrogens is 4. The van der Waals surface area contributed by atoms with Gasteiger partial charge < -0.3 is 5.32 Å². The SMILES string of the molecule is O=C(CCC1CCCC1)Nc1cc(-n2cccn2)nc(-c2cccs2)n1. The molecule has 0 spiro atoms. The molecule has 3 aromatic rings. The van der Waals surface area contributed by atoms with E-state index < -0.39 is 0 Å². The van der Waals surface area contributed by atoms with E-state index in [0.29, 0.717) is 29.8 Å². The lowest BCUT2D eigenvalue weighted by molar-refractivity contribution is -0.116. The molecule has 26 heavy (non-hydrogen) atoms.